The second-order valence-corrected chi connectivity index (χ2v) is 6.27. The molecule has 0 unspecified atom stereocenters. The van der Waals surface area contributed by atoms with Gasteiger partial charge in [0.15, 0.2) is 0 Å². The number of anilines is 1. The molecule has 0 aromatic heterocycles. The summed E-state index contributed by atoms with van der Waals surface area (Å²) in [6.07, 6.45) is 4.99. The Bertz CT molecular complexity index is 622. The van der Waals surface area contributed by atoms with Crippen LogP contribution in [0.5, 0.6) is 0 Å². The molecule has 1 aliphatic heterocycles. The minimum Gasteiger partial charge on any atom is -0.369 e. The van der Waals surface area contributed by atoms with E-state index in [1.807, 2.05) is 4.90 Å². The lowest BCUT2D eigenvalue weighted by atomic mass is 9.87. The summed E-state index contributed by atoms with van der Waals surface area (Å²) in [6.45, 7) is 0. The molecular weight excluding hydrogens is 337 g/mol. The molecule has 5 nitrogen and oxygen atoms in total. The van der Waals surface area contributed by atoms with E-state index >= 15 is 0 Å². The van der Waals surface area contributed by atoms with Gasteiger partial charge < -0.3 is 11.5 Å². The molecule has 1 spiro atoms. The van der Waals surface area contributed by atoms with Gasteiger partial charge in [-0.3, -0.25) is 4.90 Å². The molecule has 0 atom stereocenters. The van der Waals surface area contributed by atoms with Gasteiger partial charge in [0.25, 0.3) is 0 Å². The molecule has 1 fully saturated rings. The number of guanidine groups is 2. The van der Waals surface area contributed by atoms with E-state index in [0.717, 1.165) is 31.4 Å². The van der Waals surface area contributed by atoms with Crippen LogP contribution in [0.3, 0.4) is 0 Å². The van der Waals surface area contributed by atoms with Gasteiger partial charge in [0.2, 0.25) is 11.9 Å². The van der Waals surface area contributed by atoms with Crippen molar-refractivity contribution in [2.75, 3.05) is 4.90 Å². The van der Waals surface area contributed by atoms with Gasteiger partial charge in [-0.05, 0) is 59.8 Å². The highest BCUT2D eigenvalue weighted by Crippen LogP contribution is 2.41. The molecule has 2 aliphatic rings. The van der Waals surface area contributed by atoms with Crippen molar-refractivity contribution in [3.63, 3.8) is 0 Å². The first-order valence-corrected chi connectivity index (χ1v) is 7.76. The monoisotopic (exact) mass is 353 g/mol. The van der Waals surface area contributed by atoms with Gasteiger partial charge in [-0.15, -0.1) is 0 Å². The first-order chi connectivity index (χ1) is 10.0. The normalized spacial score (nSPS) is 21.1. The van der Waals surface area contributed by atoms with Crippen LogP contribution < -0.4 is 16.4 Å². The fourth-order valence-corrected chi connectivity index (χ4v) is 3.66. The summed E-state index contributed by atoms with van der Waals surface area (Å²) in [5.74, 6) is 0.208. The van der Waals surface area contributed by atoms with E-state index in [1.165, 1.54) is 18.6 Å². The van der Waals surface area contributed by atoms with E-state index in [4.69, 9.17) is 11.5 Å². The molecular formula is C14H17BrFN5. The molecule has 112 valence electrons. The summed E-state index contributed by atoms with van der Waals surface area (Å²) >= 11 is 3.40. The summed E-state index contributed by atoms with van der Waals surface area (Å²) in [6, 6.07) is 4.52. The highest BCUT2D eigenvalue weighted by Gasteiger charge is 2.43. The highest BCUT2D eigenvalue weighted by molar-refractivity contribution is 9.10. The highest BCUT2D eigenvalue weighted by atomic mass is 79.9. The summed E-state index contributed by atoms with van der Waals surface area (Å²) in [7, 11) is 0. The maximum atomic E-state index is 13.4. The van der Waals surface area contributed by atoms with Crippen LogP contribution >= 0.6 is 15.9 Å². The first kappa shape index (κ1) is 14.3. The number of aliphatic imine (C=N–C) groups is 2. The van der Waals surface area contributed by atoms with E-state index in [2.05, 4.69) is 25.9 Å². The minimum atomic E-state index is -0.505. The predicted molar refractivity (Wildman–Crippen MR) is 85.6 cm³/mol. The summed E-state index contributed by atoms with van der Waals surface area (Å²) in [5, 5.41) is 0. The summed E-state index contributed by atoms with van der Waals surface area (Å²) in [4.78, 5) is 10.6. The van der Waals surface area contributed by atoms with Crippen LogP contribution in [0.4, 0.5) is 10.1 Å². The quantitative estimate of drug-likeness (QED) is 0.814. The van der Waals surface area contributed by atoms with E-state index in [-0.39, 0.29) is 11.8 Å². The average Bonchev–Trinajstić information content (AvgIpc) is 2.41. The number of benzene rings is 1. The van der Waals surface area contributed by atoms with Crippen LogP contribution in [0, 0.1) is 5.82 Å². The van der Waals surface area contributed by atoms with Crippen molar-refractivity contribution in [3.8, 4) is 0 Å². The van der Waals surface area contributed by atoms with Gasteiger partial charge in [0, 0.05) is 4.47 Å². The smallest absolute Gasteiger partial charge is 0.220 e. The zero-order chi connectivity index (χ0) is 15.0. The number of nitrogens with two attached hydrogens (primary N) is 2. The van der Waals surface area contributed by atoms with Crippen LogP contribution in [0.15, 0.2) is 32.7 Å². The lowest BCUT2D eigenvalue weighted by Gasteiger charge is -2.45. The van der Waals surface area contributed by atoms with Crippen LogP contribution in [0.1, 0.15) is 32.1 Å². The predicted octanol–water partition coefficient (Wildman–Crippen LogP) is 2.70. The van der Waals surface area contributed by atoms with Crippen molar-refractivity contribution in [1.82, 2.24) is 0 Å². The van der Waals surface area contributed by atoms with Gasteiger partial charge in [0.1, 0.15) is 11.5 Å². The Kier molecular flexibility index (Phi) is 3.61. The Balaban J connectivity index is 2.10. The lowest BCUT2D eigenvalue weighted by molar-refractivity contribution is 0.305. The topological polar surface area (TPSA) is 80.0 Å². The Morgan fingerprint density at radius 1 is 1.19 bits per heavy atom. The molecule has 7 heteroatoms. The summed E-state index contributed by atoms with van der Waals surface area (Å²) < 4.78 is 14.0. The van der Waals surface area contributed by atoms with Gasteiger partial charge in [0.05, 0.1) is 5.69 Å². The average molecular weight is 354 g/mol. The Morgan fingerprint density at radius 2 is 1.90 bits per heavy atom. The van der Waals surface area contributed by atoms with Gasteiger partial charge >= 0.3 is 0 Å². The van der Waals surface area contributed by atoms with Gasteiger partial charge in [-0.25, -0.2) is 9.38 Å². The van der Waals surface area contributed by atoms with Gasteiger partial charge in [-0.2, -0.15) is 4.99 Å². The standard InChI is InChI=1S/C14H17BrFN5/c15-10-8-9(16)4-5-11(10)21-13(18)19-12(17)20-14(21)6-2-1-3-7-14/h4-5,8H,1-3,6-7H2,(H4,17,18,19,20). The second kappa shape index (κ2) is 5.29. The molecule has 0 saturated heterocycles. The molecule has 0 amide bonds. The van der Waals surface area contributed by atoms with Crippen LogP contribution in [-0.2, 0) is 0 Å². The maximum Gasteiger partial charge on any atom is 0.220 e. The van der Waals surface area contributed by atoms with Gasteiger partial charge in [-0.1, -0.05) is 6.42 Å². The van der Waals surface area contributed by atoms with E-state index in [9.17, 15) is 4.39 Å². The van der Waals surface area contributed by atoms with Crippen molar-refractivity contribution in [3.05, 3.63) is 28.5 Å². The van der Waals surface area contributed by atoms with E-state index in [0.29, 0.717) is 10.4 Å². The molecule has 1 aromatic rings. The van der Waals surface area contributed by atoms with Crippen molar-refractivity contribution in [1.29, 1.82) is 0 Å². The zero-order valence-corrected chi connectivity index (χ0v) is 13.1. The number of hydrogen-bond donors (Lipinski definition) is 2. The molecule has 3 rings (SSSR count). The van der Waals surface area contributed by atoms with Crippen molar-refractivity contribution < 1.29 is 4.39 Å². The molecule has 1 saturated carbocycles. The third-order valence-electron chi connectivity index (χ3n) is 4.00. The molecule has 1 heterocycles. The largest absolute Gasteiger partial charge is 0.369 e. The van der Waals surface area contributed by atoms with Crippen LogP contribution in [-0.4, -0.2) is 17.6 Å². The SMILES string of the molecule is NC1=NC2(CCCCC2)N(c2ccc(F)cc2Br)C(N)=N1. The first-order valence-electron chi connectivity index (χ1n) is 6.97. The third kappa shape index (κ3) is 2.50. The zero-order valence-electron chi connectivity index (χ0n) is 11.5. The number of halogens is 2. The lowest BCUT2D eigenvalue weighted by Crippen LogP contribution is -2.58. The minimum absolute atomic E-state index is 0.212. The van der Waals surface area contributed by atoms with Crippen LogP contribution in [0.2, 0.25) is 0 Å². The van der Waals surface area contributed by atoms with Crippen LogP contribution in [0.25, 0.3) is 0 Å². The molecule has 21 heavy (non-hydrogen) atoms. The molecule has 0 radical (unpaired) electrons. The summed E-state index contributed by atoms with van der Waals surface area (Å²) in [5.41, 5.74) is 12.2. The van der Waals surface area contributed by atoms with Crippen molar-refractivity contribution >= 4 is 33.5 Å². The van der Waals surface area contributed by atoms with Crippen molar-refractivity contribution in [2.24, 2.45) is 21.5 Å². The maximum absolute atomic E-state index is 13.4. The molecule has 1 aromatic carbocycles. The Morgan fingerprint density at radius 3 is 2.57 bits per heavy atom. The number of hydrogen-bond acceptors (Lipinski definition) is 5. The third-order valence-corrected chi connectivity index (χ3v) is 4.64. The molecule has 1 aliphatic carbocycles. The van der Waals surface area contributed by atoms with E-state index in [1.54, 1.807) is 6.07 Å². The van der Waals surface area contributed by atoms with Crippen molar-refractivity contribution in [2.45, 2.75) is 37.8 Å². The molecule has 4 N–H and O–H groups in total. The fraction of sp³-hybridized carbons (Fsp3) is 0.429. The number of rotatable bonds is 1. The molecule has 0 bridgehead atoms. The Labute approximate surface area is 131 Å². The van der Waals surface area contributed by atoms with E-state index < -0.39 is 5.66 Å². The number of nitrogens with zero attached hydrogens (tertiary/aromatic N) is 3. The fourth-order valence-electron chi connectivity index (χ4n) is 3.13. The Hall–Kier alpha value is -1.63. The second-order valence-electron chi connectivity index (χ2n) is 5.41.